The van der Waals surface area contributed by atoms with Gasteiger partial charge in [0.15, 0.2) is 0 Å². The van der Waals surface area contributed by atoms with Gasteiger partial charge in [0.2, 0.25) is 0 Å². The molecule has 5 heteroatoms. The molecule has 1 aromatic carbocycles. The summed E-state index contributed by atoms with van der Waals surface area (Å²) in [5.74, 6) is 3.72. The smallest absolute Gasteiger partial charge is 0.123 e. The maximum absolute atomic E-state index is 5.49. The Hall–Kier alpha value is -2.03. The summed E-state index contributed by atoms with van der Waals surface area (Å²) in [6.07, 6.45) is 14.0. The molecule has 0 bridgehead atoms. The lowest BCUT2D eigenvalue weighted by atomic mass is 9.89. The molecule has 0 radical (unpaired) electrons. The second-order valence-corrected chi connectivity index (χ2v) is 8.41. The van der Waals surface area contributed by atoms with Gasteiger partial charge in [0.05, 0.1) is 12.1 Å². The zero-order valence-electron chi connectivity index (χ0n) is 16.9. The van der Waals surface area contributed by atoms with Crippen LogP contribution in [0.25, 0.3) is 0 Å². The number of anilines is 1. The van der Waals surface area contributed by atoms with E-state index in [1.807, 2.05) is 12.1 Å². The van der Waals surface area contributed by atoms with Crippen molar-refractivity contribution in [2.24, 2.45) is 4.99 Å². The van der Waals surface area contributed by atoms with Crippen molar-refractivity contribution < 1.29 is 4.84 Å². The van der Waals surface area contributed by atoms with Crippen molar-refractivity contribution in [2.75, 3.05) is 18.0 Å². The number of hydrogen-bond donors (Lipinski definition) is 2. The molecule has 3 aliphatic rings. The summed E-state index contributed by atoms with van der Waals surface area (Å²) >= 11 is 0. The Balaban J connectivity index is 1.38. The second-order valence-electron chi connectivity index (χ2n) is 8.41. The van der Waals surface area contributed by atoms with Crippen LogP contribution in [0.15, 0.2) is 29.3 Å². The predicted molar refractivity (Wildman–Crippen MR) is 115 cm³/mol. The Morgan fingerprint density at radius 1 is 1.18 bits per heavy atom. The van der Waals surface area contributed by atoms with E-state index in [1.54, 1.807) is 0 Å². The molecule has 2 aliphatic heterocycles. The molecule has 4 atom stereocenters. The molecule has 2 heterocycles. The fraction of sp³-hybridized carbons (Fsp3) is 0.609. The van der Waals surface area contributed by atoms with Crippen LogP contribution in [0.1, 0.15) is 57.4 Å². The fourth-order valence-electron chi connectivity index (χ4n) is 4.68. The summed E-state index contributed by atoms with van der Waals surface area (Å²) in [6, 6.07) is 9.72. The molecule has 4 rings (SSSR count). The van der Waals surface area contributed by atoms with E-state index in [1.165, 1.54) is 44.2 Å². The number of nitrogens with zero attached hydrogens (tertiary/aromatic N) is 2. The van der Waals surface area contributed by atoms with E-state index in [9.17, 15) is 0 Å². The highest BCUT2D eigenvalue weighted by Crippen LogP contribution is 2.25. The number of amidine groups is 1. The number of hydroxylamine groups is 1. The van der Waals surface area contributed by atoms with Crippen molar-refractivity contribution in [3.8, 4) is 12.3 Å². The van der Waals surface area contributed by atoms with E-state index in [-0.39, 0.29) is 6.10 Å². The first-order valence-electron chi connectivity index (χ1n) is 10.8. The van der Waals surface area contributed by atoms with Crippen molar-refractivity contribution in [3.63, 3.8) is 0 Å². The summed E-state index contributed by atoms with van der Waals surface area (Å²) in [6.45, 7) is 4.25. The van der Waals surface area contributed by atoms with Crippen molar-refractivity contribution in [2.45, 2.75) is 76.1 Å². The lowest BCUT2D eigenvalue weighted by molar-refractivity contribution is 0.0573. The fourth-order valence-corrected chi connectivity index (χ4v) is 4.68. The Morgan fingerprint density at radius 2 is 2.00 bits per heavy atom. The van der Waals surface area contributed by atoms with Crippen LogP contribution in [0.3, 0.4) is 0 Å². The quantitative estimate of drug-likeness (QED) is 0.788. The first-order valence-corrected chi connectivity index (χ1v) is 10.8. The number of piperidine rings is 1. The lowest BCUT2D eigenvalue weighted by Gasteiger charge is -2.39. The molecule has 1 saturated carbocycles. The van der Waals surface area contributed by atoms with Gasteiger partial charge in [-0.1, -0.05) is 18.8 Å². The van der Waals surface area contributed by atoms with Crippen molar-refractivity contribution >= 4 is 11.5 Å². The molecule has 3 fully saturated rings. The first kappa shape index (κ1) is 19.3. The third-order valence-electron chi connectivity index (χ3n) is 6.18. The molecule has 0 aromatic heterocycles. The molecule has 2 saturated heterocycles. The molecular formula is C23H32N4O. The Kier molecular flexibility index (Phi) is 6.19. The molecule has 1 aliphatic carbocycles. The third-order valence-corrected chi connectivity index (χ3v) is 6.18. The summed E-state index contributed by atoms with van der Waals surface area (Å²) in [5, 5.41) is 3.97. The molecule has 0 spiro atoms. The Bertz CT molecular complexity index is 723. The number of nitrogens with one attached hydrogen (secondary N) is 2. The van der Waals surface area contributed by atoms with E-state index in [0.29, 0.717) is 18.1 Å². The molecule has 3 unspecified atom stereocenters. The molecule has 0 amide bonds. The van der Waals surface area contributed by atoms with Gasteiger partial charge in [-0.25, -0.2) is 0 Å². The van der Waals surface area contributed by atoms with E-state index >= 15 is 0 Å². The van der Waals surface area contributed by atoms with Gasteiger partial charge in [-0.2, -0.15) is 0 Å². The summed E-state index contributed by atoms with van der Waals surface area (Å²) in [5.41, 5.74) is 5.23. The third kappa shape index (κ3) is 4.68. The van der Waals surface area contributed by atoms with Crippen LogP contribution in [-0.4, -0.2) is 43.2 Å². The van der Waals surface area contributed by atoms with Crippen LogP contribution in [0, 0.1) is 12.3 Å². The Morgan fingerprint density at radius 3 is 2.75 bits per heavy atom. The van der Waals surface area contributed by atoms with E-state index in [0.717, 1.165) is 30.9 Å². The highest BCUT2D eigenvalue weighted by molar-refractivity contribution is 5.83. The van der Waals surface area contributed by atoms with Gasteiger partial charge >= 0.3 is 0 Å². The molecular weight excluding hydrogens is 348 g/mol. The van der Waals surface area contributed by atoms with Crippen LogP contribution in [0.5, 0.6) is 0 Å². The summed E-state index contributed by atoms with van der Waals surface area (Å²) < 4.78 is 0. The first-order chi connectivity index (χ1) is 13.7. The number of benzene rings is 1. The predicted octanol–water partition coefficient (Wildman–Crippen LogP) is 3.25. The van der Waals surface area contributed by atoms with Gasteiger partial charge in [-0.15, -0.1) is 6.42 Å². The lowest BCUT2D eigenvalue weighted by Crippen LogP contribution is -2.53. The normalized spacial score (nSPS) is 32.1. The minimum absolute atomic E-state index is 0.224. The minimum Gasteiger partial charge on any atom is -0.370 e. The van der Waals surface area contributed by atoms with Crippen molar-refractivity contribution in [3.05, 3.63) is 29.8 Å². The minimum atomic E-state index is 0.224. The second kappa shape index (κ2) is 8.98. The maximum Gasteiger partial charge on any atom is 0.123 e. The molecule has 2 N–H and O–H groups in total. The molecule has 150 valence electrons. The number of terminal acetylenes is 1. The van der Waals surface area contributed by atoms with E-state index in [4.69, 9.17) is 16.3 Å². The standard InChI is InChI=1S/C23H32N4O/c1-3-18-10-12-20(13-11-18)27-14-6-7-19(16-27)24-21-8-4-5-9-22(21)25-23-15-17(2)28-26-23/h1,10-13,17,19,21-22,24H,4-9,14-16H2,2H3,(H,25,26)/t17?,19?,21-,22?/m1/s1. The highest BCUT2D eigenvalue weighted by Gasteiger charge is 2.30. The zero-order valence-corrected chi connectivity index (χ0v) is 16.9. The van der Waals surface area contributed by atoms with Crippen LogP contribution in [-0.2, 0) is 4.84 Å². The van der Waals surface area contributed by atoms with Gasteiger partial charge in [0.1, 0.15) is 5.84 Å². The van der Waals surface area contributed by atoms with E-state index < -0.39 is 0 Å². The topological polar surface area (TPSA) is 48.9 Å². The average molecular weight is 381 g/mol. The van der Waals surface area contributed by atoms with E-state index in [2.05, 4.69) is 40.7 Å². The van der Waals surface area contributed by atoms with Crippen LogP contribution in [0.2, 0.25) is 0 Å². The number of aliphatic imine (C=N–C) groups is 1. The molecule has 28 heavy (non-hydrogen) atoms. The summed E-state index contributed by atoms with van der Waals surface area (Å²) in [4.78, 5) is 13.0. The molecule has 1 aromatic rings. The monoisotopic (exact) mass is 380 g/mol. The van der Waals surface area contributed by atoms with Gasteiger partial charge in [-0.05, 0) is 56.9 Å². The number of hydrogen-bond acceptors (Lipinski definition) is 4. The average Bonchev–Trinajstić information content (AvgIpc) is 3.14. The maximum atomic E-state index is 5.49. The highest BCUT2D eigenvalue weighted by atomic mass is 16.7. The largest absolute Gasteiger partial charge is 0.370 e. The SMILES string of the molecule is C#Cc1ccc(N2CCCC(N[C@@H]3CCCCC3N=C3CC(C)ON3)C2)cc1. The number of rotatable bonds is 4. The van der Waals surface area contributed by atoms with Crippen LogP contribution in [0.4, 0.5) is 5.69 Å². The van der Waals surface area contributed by atoms with Gasteiger partial charge in [0.25, 0.3) is 0 Å². The Labute approximate surface area is 168 Å². The van der Waals surface area contributed by atoms with Gasteiger partial charge in [0, 0.05) is 42.8 Å². The summed E-state index contributed by atoms with van der Waals surface area (Å²) in [7, 11) is 0. The zero-order chi connectivity index (χ0) is 19.3. The van der Waals surface area contributed by atoms with Crippen LogP contribution < -0.4 is 15.7 Å². The van der Waals surface area contributed by atoms with Crippen molar-refractivity contribution in [1.29, 1.82) is 0 Å². The van der Waals surface area contributed by atoms with Crippen molar-refractivity contribution in [1.82, 2.24) is 10.8 Å². The van der Waals surface area contributed by atoms with Gasteiger partial charge in [-0.3, -0.25) is 15.3 Å². The van der Waals surface area contributed by atoms with Gasteiger partial charge < -0.3 is 10.2 Å². The molecule has 5 nitrogen and oxygen atoms in total. The van der Waals surface area contributed by atoms with Crippen LogP contribution >= 0.6 is 0 Å².